The smallest absolute Gasteiger partial charge is 0.334 e. The topological polar surface area (TPSA) is 181 Å². The molecule has 1 aliphatic rings. The molecular formula is C16H22ClN7O7S. The molecule has 0 saturated heterocycles. The van der Waals surface area contributed by atoms with E-state index in [9.17, 15) is 13.2 Å². The molecule has 1 aromatic heterocycles. The zero-order valence-corrected chi connectivity index (χ0v) is 19.2. The van der Waals surface area contributed by atoms with Gasteiger partial charge < -0.3 is 24.8 Å². The van der Waals surface area contributed by atoms with Crippen LogP contribution in [0.3, 0.4) is 0 Å². The Kier molecular flexibility index (Phi) is 7.93. The molecule has 0 saturated carbocycles. The minimum Gasteiger partial charge on any atom is -0.483 e. The highest BCUT2D eigenvalue weighted by molar-refractivity contribution is 7.90. The molecule has 2 heterocycles. The number of amides is 2. The number of oxime groups is 1. The molecule has 0 aromatic carbocycles. The number of nitrogens with one attached hydrogen (secondary N) is 2. The van der Waals surface area contributed by atoms with Crippen molar-refractivity contribution in [3.63, 3.8) is 0 Å². The highest BCUT2D eigenvalue weighted by atomic mass is 35.5. The fourth-order valence-electron chi connectivity index (χ4n) is 2.32. The van der Waals surface area contributed by atoms with Gasteiger partial charge in [-0.15, -0.1) is 0 Å². The highest BCUT2D eigenvalue weighted by Crippen LogP contribution is 2.26. The van der Waals surface area contributed by atoms with E-state index < -0.39 is 27.2 Å². The number of nitrogens with zero attached hydrogens (tertiary/aromatic N) is 4. The number of rotatable bonds is 7. The number of nitrogens with two attached hydrogens (primary N) is 1. The minimum atomic E-state index is -4.50. The lowest BCUT2D eigenvalue weighted by atomic mass is 10.3. The number of aliphatic imine (C=N–C) groups is 1. The molecular weight excluding hydrogens is 470 g/mol. The number of ether oxygens (including phenoxy) is 3. The predicted molar refractivity (Wildman–Crippen MR) is 113 cm³/mol. The minimum absolute atomic E-state index is 0.0165. The van der Waals surface area contributed by atoms with Crippen LogP contribution in [0.5, 0.6) is 0 Å². The molecule has 16 heteroatoms. The van der Waals surface area contributed by atoms with Crippen LogP contribution in [0, 0.1) is 0 Å². The number of carbonyl (C=O) groups is 1. The van der Waals surface area contributed by atoms with Crippen molar-refractivity contribution in [3.05, 3.63) is 35.1 Å². The fraction of sp³-hybridized carbons (Fsp3) is 0.375. The summed E-state index contributed by atoms with van der Waals surface area (Å²) in [4.78, 5) is 21.1. The van der Waals surface area contributed by atoms with Crippen LogP contribution in [-0.4, -0.2) is 63.0 Å². The second-order valence-electron chi connectivity index (χ2n) is 6.13. The second-order valence-corrected chi connectivity index (χ2v) is 8.08. The Morgan fingerprint density at radius 3 is 2.72 bits per heavy atom. The van der Waals surface area contributed by atoms with Crippen LogP contribution in [0.4, 0.5) is 4.79 Å². The van der Waals surface area contributed by atoms with Crippen molar-refractivity contribution in [2.24, 2.45) is 22.9 Å². The molecule has 1 aliphatic heterocycles. The molecule has 4 N–H and O–H groups in total. The van der Waals surface area contributed by atoms with Crippen LogP contribution in [0.1, 0.15) is 12.5 Å². The molecule has 1 unspecified atom stereocenters. The van der Waals surface area contributed by atoms with Gasteiger partial charge in [-0.1, -0.05) is 18.2 Å². The molecule has 1 atom stereocenters. The third-order valence-electron chi connectivity index (χ3n) is 3.63. The third-order valence-corrected chi connectivity index (χ3v) is 5.33. The van der Waals surface area contributed by atoms with Gasteiger partial charge in [-0.2, -0.15) is 18.5 Å². The van der Waals surface area contributed by atoms with E-state index in [-0.39, 0.29) is 40.8 Å². The molecule has 1 aromatic rings. The van der Waals surface area contributed by atoms with Gasteiger partial charge in [0.15, 0.2) is 22.7 Å². The lowest BCUT2D eigenvalue weighted by Crippen LogP contribution is -2.40. The Morgan fingerprint density at radius 1 is 1.44 bits per heavy atom. The summed E-state index contributed by atoms with van der Waals surface area (Å²) >= 11 is 6.07. The van der Waals surface area contributed by atoms with Gasteiger partial charge in [0.25, 0.3) is 15.9 Å². The van der Waals surface area contributed by atoms with E-state index in [4.69, 9.17) is 36.4 Å². The van der Waals surface area contributed by atoms with Crippen molar-refractivity contribution in [1.82, 2.24) is 19.8 Å². The number of urea groups is 1. The van der Waals surface area contributed by atoms with E-state index in [1.54, 1.807) is 6.92 Å². The maximum atomic E-state index is 12.9. The van der Waals surface area contributed by atoms with Gasteiger partial charge in [0.1, 0.15) is 17.5 Å². The van der Waals surface area contributed by atoms with E-state index in [1.165, 1.54) is 27.3 Å². The molecule has 0 aliphatic carbocycles. The normalized spacial score (nSPS) is 16.9. The maximum absolute atomic E-state index is 12.9. The van der Waals surface area contributed by atoms with E-state index in [0.717, 1.165) is 4.68 Å². The lowest BCUT2D eigenvalue weighted by molar-refractivity contribution is 0.0194. The van der Waals surface area contributed by atoms with E-state index in [1.807, 2.05) is 4.72 Å². The van der Waals surface area contributed by atoms with Crippen molar-refractivity contribution in [3.8, 4) is 0 Å². The van der Waals surface area contributed by atoms with Gasteiger partial charge in [-0.05, 0) is 12.1 Å². The van der Waals surface area contributed by atoms with Crippen LogP contribution in [0.25, 0.3) is 0 Å². The molecule has 176 valence electrons. The number of aromatic nitrogens is 2. The average Bonchev–Trinajstić information content (AvgIpc) is 3.01. The number of methoxy groups -OCH3 is 2. The number of halogens is 1. The van der Waals surface area contributed by atoms with Crippen LogP contribution in [0.2, 0.25) is 5.15 Å². The maximum Gasteiger partial charge on any atom is 0.334 e. The molecule has 2 rings (SSSR count). The summed E-state index contributed by atoms with van der Waals surface area (Å²) in [5.74, 6) is -0.513. The zero-order chi connectivity index (χ0) is 24.1. The zero-order valence-electron chi connectivity index (χ0n) is 17.6. The first-order valence-electron chi connectivity index (χ1n) is 8.74. The molecule has 0 radical (unpaired) electrons. The van der Waals surface area contributed by atoms with Gasteiger partial charge >= 0.3 is 6.03 Å². The summed E-state index contributed by atoms with van der Waals surface area (Å²) in [7, 11) is -0.559. The number of hydrogen-bond acceptors (Lipinski definition) is 11. The molecule has 0 bridgehead atoms. The Hall–Kier alpha value is -3.46. The van der Waals surface area contributed by atoms with Crippen LogP contribution in [0.15, 0.2) is 39.5 Å². The van der Waals surface area contributed by atoms with Crippen molar-refractivity contribution in [2.45, 2.75) is 18.1 Å². The van der Waals surface area contributed by atoms with E-state index >= 15 is 0 Å². The van der Waals surface area contributed by atoms with Crippen molar-refractivity contribution >= 4 is 39.5 Å². The van der Waals surface area contributed by atoms with Crippen LogP contribution in [-0.2, 0) is 36.1 Å². The standard InChI is InChI=1S/C16H22ClN7O7S/c1-8-7-30-22-14(31-8)12-13(17)21-24(3)15(12)32(26,27)23-16(25)20-9(2)19-11(29-5)6-10(18)28-4/h6,8H,2,7,18H2,1,3-5H3,(H2,20,23,25)/b10-6+,19-11?. The third kappa shape index (κ3) is 6.04. The van der Waals surface area contributed by atoms with Gasteiger partial charge in [-0.3, -0.25) is 10.00 Å². The van der Waals surface area contributed by atoms with Crippen molar-refractivity contribution < 1.29 is 32.3 Å². The molecule has 2 amide bonds. The fourth-order valence-corrected chi connectivity index (χ4v) is 3.89. The summed E-state index contributed by atoms with van der Waals surface area (Å²) in [5.41, 5.74) is 5.33. The van der Waals surface area contributed by atoms with Crippen molar-refractivity contribution in [1.29, 1.82) is 0 Å². The largest absolute Gasteiger partial charge is 0.483 e. The second kappa shape index (κ2) is 10.2. The molecule has 32 heavy (non-hydrogen) atoms. The van der Waals surface area contributed by atoms with E-state index in [0.29, 0.717) is 0 Å². The molecule has 0 fully saturated rings. The highest BCUT2D eigenvalue weighted by Gasteiger charge is 2.34. The van der Waals surface area contributed by atoms with Gasteiger partial charge in [0, 0.05) is 7.05 Å². The first-order chi connectivity index (χ1) is 15.0. The first-order valence-corrected chi connectivity index (χ1v) is 10.6. The molecule has 0 spiro atoms. The quantitative estimate of drug-likeness (QED) is 0.271. The summed E-state index contributed by atoms with van der Waals surface area (Å²) in [6.45, 7) is 5.36. The number of aryl methyl sites for hydroxylation is 1. The summed E-state index contributed by atoms with van der Waals surface area (Å²) in [6, 6.07) is -1.17. The first kappa shape index (κ1) is 24.8. The van der Waals surface area contributed by atoms with Crippen LogP contribution >= 0.6 is 11.6 Å². The lowest BCUT2D eigenvalue weighted by Gasteiger charge is -2.20. The monoisotopic (exact) mass is 491 g/mol. The summed E-state index contributed by atoms with van der Waals surface area (Å²) in [6.07, 6.45) is 0.808. The van der Waals surface area contributed by atoms with Gasteiger partial charge in [0.2, 0.25) is 5.90 Å². The van der Waals surface area contributed by atoms with E-state index in [2.05, 4.69) is 27.1 Å². The van der Waals surface area contributed by atoms with Crippen LogP contribution < -0.4 is 15.8 Å². The van der Waals surface area contributed by atoms with Gasteiger partial charge in [-0.25, -0.2) is 9.52 Å². The summed E-state index contributed by atoms with van der Waals surface area (Å²) in [5, 5.41) is 9.00. The van der Waals surface area contributed by atoms with Crippen molar-refractivity contribution in [2.75, 3.05) is 20.8 Å². The number of sulfonamides is 1. The van der Waals surface area contributed by atoms with Gasteiger partial charge in [0.05, 0.1) is 20.3 Å². The Balaban J connectivity index is 2.24. The molecule has 14 nitrogen and oxygen atoms in total. The predicted octanol–water partition coefficient (Wildman–Crippen LogP) is 0.121. The average molecular weight is 492 g/mol. The Bertz CT molecular complexity index is 1090. The number of carbonyl (C=O) groups excluding carboxylic acids is 1. The summed E-state index contributed by atoms with van der Waals surface area (Å²) < 4.78 is 43.7. The number of hydrogen-bond donors (Lipinski definition) is 3. The Labute approximate surface area is 188 Å². The Morgan fingerprint density at radius 2 is 2.12 bits per heavy atom. The SMILES string of the molecule is C=C(N=C(/C=C(\N)OC)OC)NC(=O)NS(=O)(=O)c1c(C2=NOCC(C)O2)c(Cl)nn1C.